The fourth-order valence-electron chi connectivity index (χ4n) is 2.68. The number of nitrogens with zero attached hydrogens (tertiary/aromatic N) is 2. The molecule has 0 spiro atoms. The van der Waals surface area contributed by atoms with Crippen LogP contribution >= 0.6 is 0 Å². The predicted molar refractivity (Wildman–Crippen MR) is 96.8 cm³/mol. The highest BCUT2D eigenvalue weighted by Crippen LogP contribution is 2.11. The Morgan fingerprint density at radius 2 is 1.43 bits per heavy atom. The molecular weight excluding hydrogens is 256 g/mol. The second-order valence-corrected chi connectivity index (χ2v) is 7.93. The van der Waals surface area contributed by atoms with E-state index in [0.29, 0.717) is 0 Å². The maximum atomic E-state index is 2.72. The molecule has 0 aliphatic rings. The lowest BCUT2D eigenvalue weighted by Crippen LogP contribution is -2.35. The molecule has 0 N–H and O–H groups in total. The van der Waals surface area contributed by atoms with Gasteiger partial charge < -0.3 is 9.38 Å². The molecule has 0 amide bonds. The van der Waals surface area contributed by atoms with Crippen LogP contribution < -0.4 is 0 Å². The van der Waals surface area contributed by atoms with Crippen LogP contribution in [-0.2, 0) is 0 Å². The lowest BCUT2D eigenvalue weighted by atomic mass is 10.0. The van der Waals surface area contributed by atoms with E-state index in [1.165, 1.54) is 77.5 Å². The highest BCUT2D eigenvalue weighted by molar-refractivity contribution is 4.60. The number of unbranched alkanes of at least 4 members (excludes halogenated alkanes) is 3. The third-order valence-corrected chi connectivity index (χ3v) is 4.50. The zero-order chi connectivity index (χ0) is 16.1. The molecule has 2 heteroatoms. The summed E-state index contributed by atoms with van der Waals surface area (Å²) in [5.41, 5.74) is 0. The van der Waals surface area contributed by atoms with Crippen LogP contribution in [0, 0.1) is 5.92 Å². The maximum absolute atomic E-state index is 2.72. The Kier molecular flexibility index (Phi) is 12.4. The van der Waals surface area contributed by atoms with E-state index in [-0.39, 0.29) is 0 Å². The fraction of sp³-hybridized carbons (Fsp3) is 1.00. The molecule has 0 bridgehead atoms. The van der Waals surface area contributed by atoms with Gasteiger partial charge in [0.1, 0.15) is 0 Å². The van der Waals surface area contributed by atoms with Crippen LogP contribution in [0.3, 0.4) is 0 Å². The molecule has 0 saturated carbocycles. The Labute approximate surface area is 135 Å². The Morgan fingerprint density at radius 1 is 0.810 bits per heavy atom. The van der Waals surface area contributed by atoms with Gasteiger partial charge in [-0.2, -0.15) is 0 Å². The zero-order valence-electron chi connectivity index (χ0n) is 16.0. The Morgan fingerprint density at radius 3 is 2.00 bits per heavy atom. The molecule has 0 rings (SSSR count). The summed E-state index contributed by atoms with van der Waals surface area (Å²) in [6.07, 6.45) is 11.0. The topological polar surface area (TPSA) is 3.24 Å². The molecule has 2 nitrogen and oxygen atoms in total. The van der Waals surface area contributed by atoms with E-state index in [9.17, 15) is 0 Å². The van der Waals surface area contributed by atoms with Crippen molar-refractivity contribution in [3.63, 3.8) is 0 Å². The summed E-state index contributed by atoms with van der Waals surface area (Å²) in [5, 5.41) is 0. The van der Waals surface area contributed by atoms with E-state index in [4.69, 9.17) is 0 Å². The summed E-state index contributed by atoms with van der Waals surface area (Å²) in [5.74, 6) is 0.905. The Hall–Kier alpha value is -0.0800. The van der Waals surface area contributed by atoms with E-state index in [2.05, 4.69) is 46.8 Å². The summed E-state index contributed by atoms with van der Waals surface area (Å²) in [4.78, 5) is 2.72. The van der Waals surface area contributed by atoms with Crippen LogP contribution in [0.4, 0.5) is 0 Å². The molecular formula is C19H43N2+. The zero-order valence-corrected chi connectivity index (χ0v) is 16.0. The highest BCUT2D eigenvalue weighted by Gasteiger charge is 2.08. The molecule has 0 aromatic heterocycles. The highest BCUT2D eigenvalue weighted by atomic mass is 15.3. The van der Waals surface area contributed by atoms with E-state index in [0.717, 1.165) is 10.4 Å². The van der Waals surface area contributed by atoms with Gasteiger partial charge in [-0.25, -0.2) is 0 Å². The first-order valence-corrected chi connectivity index (χ1v) is 9.41. The molecule has 0 aliphatic heterocycles. The van der Waals surface area contributed by atoms with Crippen molar-refractivity contribution in [1.82, 2.24) is 4.90 Å². The molecule has 0 aromatic rings. The summed E-state index contributed by atoms with van der Waals surface area (Å²) in [6, 6.07) is 0. The van der Waals surface area contributed by atoms with E-state index >= 15 is 0 Å². The monoisotopic (exact) mass is 299 g/mol. The minimum Gasteiger partial charge on any atom is -0.331 e. The van der Waals surface area contributed by atoms with Gasteiger partial charge in [0.15, 0.2) is 0 Å². The van der Waals surface area contributed by atoms with Crippen LogP contribution in [0.5, 0.6) is 0 Å². The van der Waals surface area contributed by atoms with Crippen LogP contribution in [0.15, 0.2) is 0 Å². The summed E-state index contributed by atoms with van der Waals surface area (Å²) in [7, 11) is 6.88. The number of hydrogen-bond acceptors (Lipinski definition) is 1. The van der Waals surface area contributed by atoms with Crippen molar-refractivity contribution in [3.8, 4) is 0 Å². The van der Waals surface area contributed by atoms with Crippen molar-refractivity contribution in [3.05, 3.63) is 0 Å². The summed E-state index contributed by atoms with van der Waals surface area (Å²) < 4.78 is 1.11. The standard InChI is InChI=1S/C19H43N2/c1-7-9-15-20(17-13-14-19(3)8-2)16-11-10-12-18-21(4,5)6/h19H,7-18H2,1-6H3/q+1. The lowest BCUT2D eigenvalue weighted by Gasteiger charge is -2.25. The van der Waals surface area contributed by atoms with E-state index in [1.54, 1.807) is 0 Å². The van der Waals surface area contributed by atoms with Gasteiger partial charge in [-0.1, -0.05) is 33.6 Å². The SMILES string of the molecule is CCCCN(CCCCC[N+](C)(C)C)CCCC(C)CC. The largest absolute Gasteiger partial charge is 0.331 e. The first kappa shape index (κ1) is 20.9. The molecule has 128 valence electrons. The lowest BCUT2D eigenvalue weighted by molar-refractivity contribution is -0.870. The van der Waals surface area contributed by atoms with Gasteiger partial charge in [0, 0.05) is 0 Å². The van der Waals surface area contributed by atoms with Gasteiger partial charge in [0.25, 0.3) is 0 Å². The average molecular weight is 300 g/mol. The number of hydrogen-bond donors (Lipinski definition) is 0. The van der Waals surface area contributed by atoms with Crippen LogP contribution in [-0.4, -0.2) is 56.7 Å². The van der Waals surface area contributed by atoms with Crippen LogP contribution in [0.25, 0.3) is 0 Å². The van der Waals surface area contributed by atoms with Crippen molar-refractivity contribution >= 4 is 0 Å². The second kappa shape index (κ2) is 12.5. The van der Waals surface area contributed by atoms with Crippen molar-refractivity contribution in [2.24, 2.45) is 5.92 Å². The first-order chi connectivity index (χ1) is 9.89. The molecule has 0 aliphatic carbocycles. The smallest absolute Gasteiger partial charge is 0.0780 e. The molecule has 0 fully saturated rings. The van der Waals surface area contributed by atoms with E-state index < -0.39 is 0 Å². The Bertz CT molecular complexity index is 220. The van der Waals surface area contributed by atoms with Gasteiger partial charge in [-0.3, -0.25) is 0 Å². The van der Waals surface area contributed by atoms with Gasteiger partial charge in [-0.05, 0) is 64.1 Å². The van der Waals surface area contributed by atoms with Gasteiger partial charge in [-0.15, -0.1) is 0 Å². The molecule has 0 heterocycles. The normalized spacial score (nSPS) is 13.9. The summed E-state index contributed by atoms with van der Waals surface area (Å²) in [6.45, 7) is 12.3. The van der Waals surface area contributed by atoms with Crippen molar-refractivity contribution < 1.29 is 4.48 Å². The number of quaternary nitrogens is 1. The molecule has 0 radical (unpaired) electrons. The average Bonchev–Trinajstić information content (AvgIpc) is 2.42. The van der Waals surface area contributed by atoms with Crippen molar-refractivity contribution in [2.45, 2.75) is 72.1 Å². The maximum Gasteiger partial charge on any atom is 0.0780 e. The van der Waals surface area contributed by atoms with Crippen molar-refractivity contribution in [2.75, 3.05) is 47.3 Å². The van der Waals surface area contributed by atoms with Gasteiger partial charge in [0.05, 0.1) is 27.7 Å². The van der Waals surface area contributed by atoms with Crippen LogP contribution in [0.1, 0.15) is 72.1 Å². The second-order valence-electron chi connectivity index (χ2n) is 7.93. The molecule has 21 heavy (non-hydrogen) atoms. The fourth-order valence-corrected chi connectivity index (χ4v) is 2.68. The quantitative estimate of drug-likeness (QED) is 0.329. The minimum absolute atomic E-state index is 0.905. The van der Waals surface area contributed by atoms with E-state index in [1.807, 2.05) is 0 Å². The molecule has 1 atom stereocenters. The summed E-state index contributed by atoms with van der Waals surface area (Å²) >= 11 is 0. The number of rotatable bonds is 14. The van der Waals surface area contributed by atoms with Crippen LogP contribution in [0.2, 0.25) is 0 Å². The molecule has 1 unspecified atom stereocenters. The minimum atomic E-state index is 0.905. The Balaban J connectivity index is 3.79. The first-order valence-electron chi connectivity index (χ1n) is 9.41. The van der Waals surface area contributed by atoms with Gasteiger partial charge >= 0.3 is 0 Å². The van der Waals surface area contributed by atoms with Crippen molar-refractivity contribution in [1.29, 1.82) is 0 Å². The van der Waals surface area contributed by atoms with Gasteiger partial charge in [0.2, 0.25) is 0 Å². The molecule has 0 aromatic carbocycles. The molecule has 0 saturated heterocycles. The third kappa shape index (κ3) is 14.6. The predicted octanol–water partition coefficient (Wildman–Crippen LogP) is 4.79. The third-order valence-electron chi connectivity index (χ3n) is 4.50.